The second kappa shape index (κ2) is 13.4. The molecule has 0 atom stereocenters. The molecule has 0 aromatic rings. The zero-order chi connectivity index (χ0) is 16.8. The number of hydrogen-bond acceptors (Lipinski definition) is 4. The number of rotatable bonds is 12. The molecule has 0 aliphatic heterocycles. The Morgan fingerprint density at radius 2 is 1.27 bits per heavy atom. The van der Waals surface area contributed by atoms with Gasteiger partial charge in [0.15, 0.2) is 0 Å². The van der Waals surface area contributed by atoms with E-state index in [-0.39, 0.29) is 5.97 Å². The molecule has 0 unspecified atom stereocenters. The van der Waals surface area contributed by atoms with E-state index in [2.05, 4.69) is 6.92 Å². The summed E-state index contributed by atoms with van der Waals surface area (Å²) in [5.74, 6) is -0.776. The minimum atomic E-state index is -0.404. The Balaban J connectivity index is 4.74. The van der Waals surface area contributed by atoms with E-state index in [9.17, 15) is 9.59 Å². The summed E-state index contributed by atoms with van der Waals surface area (Å²) < 4.78 is 10.3. The van der Waals surface area contributed by atoms with Crippen molar-refractivity contribution >= 4 is 11.9 Å². The van der Waals surface area contributed by atoms with Crippen LogP contribution in [0.2, 0.25) is 0 Å². The van der Waals surface area contributed by atoms with E-state index in [0.717, 1.165) is 32.1 Å². The van der Waals surface area contributed by atoms with Crippen molar-refractivity contribution in [3.63, 3.8) is 0 Å². The van der Waals surface area contributed by atoms with E-state index in [0.29, 0.717) is 30.8 Å². The average Bonchev–Trinajstić information content (AvgIpc) is 2.53. The highest BCUT2D eigenvalue weighted by molar-refractivity contribution is 5.99. The minimum absolute atomic E-state index is 0.372. The van der Waals surface area contributed by atoms with Crippen LogP contribution in [-0.2, 0) is 19.1 Å². The van der Waals surface area contributed by atoms with Gasteiger partial charge in [-0.05, 0) is 32.6 Å². The lowest BCUT2D eigenvalue weighted by atomic mass is 10.0. The predicted molar refractivity (Wildman–Crippen MR) is 88.6 cm³/mol. The van der Waals surface area contributed by atoms with Crippen LogP contribution in [0.4, 0.5) is 0 Å². The zero-order valence-electron chi connectivity index (χ0n) is 14.7. The molecule has 0 aromatic heterocycles. The fraction of sp³-hybridized carbons (Fsp3) is 0.778. The molecule has 0 N–H and O–H groups in total. The van der Waals surface area contributed by atoms with Crippen molar-refractivity contribution < 1.29 is 19.1 Å². The van der Waals surface area contributed by atoms with Crippen LogP contribution in [-0.4, -0.2) is 25.2 Å². The summed E-state index contributed by atoms with van der Waals surface area (Å²) in [4.78, 5) is 24.1. The quantitative estimate of drug-likeness (QED) is 0.301. The second-order valence-electron chi connectivity index (χ2n) is 5.54. The molecule has 4 nitrogen and oxygen atoms in total. The Labute approximate surface area is 135 Å². The molecule has 22 heavy (non-hydrogen) atoms. The van der Waals surface area contributed by atoms with E-state index in [1.165, 1.54) is 12.8 Å². The van der Waals surface area contributed by atoms with E-state index in [1.807, 2.05) is 13.8 Å². The number of hydrogen-bond donors (Lipinski definition) is 0. The van der Waals surface area contributed by atoms with Gasteiger partial charge in [0.2, 0.25) is 0 Å². The van der Waals surface area contributed by atoms with Crippen LogP contribution in [0.25, 0.3) is 0 Å². The van der Waals surface area contributed by atoms with Crippen LogP contribution in [0.1, 0.15) is 79.1 Å². The summed E-state index contributed by atoms with van der Waals surface area (Å²) in [6, 6.07) is 0. The topological polar surface area (TPSA) is 52.6 Å². The molecule has 0 aliphatic carbocycles. The molecule has 0 aliphatic rings. The molecule has 0 aromatic carbocycles. The van der Waals surface area contributed by atoms with Gasteiger partial charge >= 0.3 is 11.9 Å². The van der Waals surface area contributed by atoms with Gasteiger partial charge < -0.3 is 9.47 Å². The molecule has 0 saturated heterocycles. The van der Waals surface area contributed by atoms with Gasteiger partial charge in [0, 0.05) is 11.1 Å². The second-order valence-corrected chi connectivity index (χ2v) is 5.54. The van der Waals surface area contributed by atoms with Gasteiger partial charge in [0.1, 0.15) is 0 Å². The molecule has 0 radical (unpaired) electrons. The smallest absolute Gasteiger partial charge is 0.334 e. The summed E-state index contributed by atoms with van der Waals surface area (Å²) in [6.45, 7) is 8.48. The fourth-order valence-electron chi connectivity index (χ4n) is 2.06. The Morgan fingerprint density at radius 3 is 1.82 bits per heavy atom. The first-order valence-electron chi connectivity index (χ1n) is 8.62. The summed E-state index contributed by atoms with van der Waals surface area (Å²) >= 11 is 0. The van der Waals surface area contributed by atoms with Crippen LogP contribution < -0.4 is 0 Å². The van der Waals surface area contributed by atoms with Gasteiger partial charge in [-0.3, -0.25) is 0 Å². The van der Waals surface area contributed by atoms with Crippen molar-refractivity contribution in [2.45, 2.75) is 79.1 Å². The monoisotopic (exact) mass is 312 g/mol. The van der Waals surface area contributed by atoms with Crippen molar-refractivity contribution in [1.29, 1.82) is 0 Å². The summed E-state index contributed by atoms with van der Waals surface area (Å²) in [6.07, 6.45) is 7.64. The SMILES string of the molecule is CCCCCCCC(C(=O)OCCC)=C(C)C(=O)OCCC. The van der Waals surface area contributed by atoms with Gasteiger partial charge in [0.05, 0.1) is 13.2 Å². The van der Waals surface area contributed by atoms with Crippen molar-refractivity contribution in [3.8, 4) is 0 Å². The molecule has 0 bridgehead atoms. The Morgan fingerprint density at radius 1 is 0.727 bits per heavy atom. The van der Waals surface area contributed by atoms with Gasteiger partial charge in [-0.15, -0.1) is 0 Å². The van der Waals surface area contributed by atoms with E-state index >= 15 is 0 Å². The summed E-state index contributed by atoms with van der Waals surface area (Å²) in [5.41, 5.74) is 0.871. The van der Waals surface area contributed by atoms with E-state index < -0.39 is 5.97 Å². The number of carbonyl (C=O) groups excluding carboxylic acids is 2. The Bertz CT molecular complexity index is 358. The molecular weight excluding hydrogens is 280 g/mol. The van der Waals surface area contributed by atoms with Gasteiger partial charge in [-0.1, -0.05) is 46.5 Å². The average molecular weight is 312 g/mol. The third kappa shape index (κ3) is 8.85. The van der Waals surface area contributed by atoms with Crippen molar-refractivity contribution in [3.05, 3.63) is 11.1 Å². The molecule has 0 fully saturated rings. The predicted octanol–water partition coefficient (Wildman–Crippen LogP) is 4.57. The van der Waals surface area contributed by atoms with Crippen LogP contribution in [0.3, 0.4) is 0 Å². The first kappa shape index (κ1) is 20.7. The van der Waals surface area contributed by atoms with Crippen molar-refractivity contribution in [2.75, 3.05) is 13.2 Å². The first-order chi connectivity index (χ1) is 10.6. The van der Waals surface area contributed by atoms with Crippen molar-refractivity contribution in [1.82, 2.24) is 0 Å². The highest BCUT2D eigenvalue weighted by Crippen LogP contribution is 2.18. The first-order valence-corrected chi connectivity index (χ1v) is 8.62. The summed E-state index contributed by atoms with van der Waals surface area (Å²) in [7, 11) is 0. The van der Waals surface area contributed by atoms with Crippen LogP contribution >= 0.6 is 0 Å². The van der Waals surface area contributed by atoms with E-state index in [4.69, 9.17) is 9.47 Å². The van der Waals surface area contributed by atoms with Crippen molar-refractivity contribution in [2.24, 2.45) is 0 Å². The summed E-state index contributed by atoms with van der Waals surface area (Å²) in [5, 5.41) is 0. The third-order valence-electron chi connectivity index (χ3n) is 3.41. The zero-order valence-corrected chi connectivity index (χ0v) is 14.7. The molecule has 128 valence electrons. The van der Waals surface area contributed by atoms with Crippen LogP contribution in [0, 0.1) is 0 Å². The lowest BCUT2D eigenvalue weighted by molar-refractivity contribution is -0.142. The molecule has 0 spiro atoms. The maximum atomic E-state index is 12.2. The van der Waals surface area contributed by atoms with Crippen LogP contribution in [0.5, 0.6) is 0 Å². The normalized spacial score (nSPS) is 11.8. The van der Waals surface area contributed by atoms with Crippen LogP contribution in [0.15, 0.2) is 11.1 Å². The lowest BCUT2D eigenvalue weighted by Crippen LogP contribution is -2.16. The molecule has 4 heteroatoms. The number of esters is 2. The largest absolute Gasteiger partial charge is 0.462 e. The highest BCUT2D eigenvalue weighted by Gasteiger charge is 2.19. The van der Waals surface area contributed by atoms with Gasteiger partial charge in [0.25, 0.3) is 0 Å². The molecule has 0 heterocycles. The van der Waals surface area contributed by atoms with Gasteiger partial charge in [-0.25, -0.2) is 9.59 Å². The minimum Gasteiger partial charge on any atom is -0.462 e. The highest BCUT2D eigenvalue weighted by atomic mass is 16.5. The number of ether oxygens (including phenoxy) is 2. The molecule has 0 saturated carbocycles. The molecular formula is C18H32O4. The molecule has 0 amide bonds. The fourth-order valence-corrected chi connectivity index (χ4v) is 2.06. The maximum Gasteiger partial charge on any atom is 0.334 e. The maximum absolute atomic E-state index is 12.2. The molecule has 0 rings (SSSR count). The lowest BCUT2D eigenvalue weighted by Gasteiger charge is -2.12. The Kier molecular flexibility index (Phi) is 12.5. The van der Waals surface area contributed by atoms with Gasteiger partial charge in [-0.2, -0.15) is 0 Å². The Hall–Kier alpha value is -1.32. The van der Waals surface area contributed by atoms with E-state index in [1.54, 1.807) is 6.92 Å². The third-order valence-corrected chi connectivity index (χ3v) is 3.41. The standard InChI is InChI=1S/C18H32O4/c1-5-8-9-10-11-12-16(18(20)22-14-7-3)15(4)17(19)21-13-6-2/h5-14H2,1-4H3. The number of unbranched alkanes of at least 4 members (excludes halogenated alkanes) is 4. The number of carbonyl (C=O) groups is 2.